The molecule has 164 valence electrons. The van der Waals surface area contributed by atoms with Crippen molar-refractivity contribution in [3.63, 3.8) is 0 Å². The molecule has 0 bridgehead atoms. The number of ether oxygens (including phenoxy) is 1. The highest BCUT2D eigenvalue weighted by Gasteiger charge is 2.42. The Labute approximate surface area is 179 Å². The lowest BCUT2D eigenvalue weighted by molar-refractivity contribution is 0.0136. The Bertz CT molecular complexity index is 623. The van der Waals surface area contributed by atoms with E-state index in [2.05, 4.69) is 26.9 Å². The van der Waals surface area contributed by atoms with Gasteiger partial charge < -0.3 is 19.9 Å². The van der Waals surface area contributed by atoms with Crippen LogP contribution in [0.5, 0.6) is 0 Å². The Morgan fingerprint density at radius 3 is 2.62 bits per heavy atom. The molecule has 1 saturated carbocycles. The predicted molar refractivity (Wildman–Crippen MR) is 119 cm³/mol. The molecule has 0 aromatic carbocycles. The van der Waals surface area contributed by atoms with Crippen molar-refractivity contribution in [2.24, 2.45) is 4.99 Å². The molecule has 4 aliphatic rings. The number of piperazine rings is 1. The largest absolute Gasteiger partial charge is 0.444 e. The van der Waals surface area contributed by atoms with E-state index in [-0.39, 0.29) is 12.1 Å². The first-order chi connectivity index (χ1) is 13.9. The number of thioether (sulfide) groups is 1. The number of fused-ring (bicyclic) bond motifs is 1. The summed E-state index contributed by atoms with van der Waals surface area (Å²) in [7, 11) is 0. The number of rotatable bonds is 3. The lowest BCUT2D eigenvalue weighted by Gasteiger charge is -2.44. The zero-order valence-electron chi connectivity index (χ0n) is 18.3. The maximum absolute atomic E-state index is 12.4. The normalized spacial score (nSPS) is 27.6. The van der Waals surface area contributed by atoms with Crippen LogP contribution in [0, 0.1) is 0 Å². The fourth-order valence-corrected chi connectivity index (χ4v) is 6.05. The van der Waals surface area contributed by atoms with Crippen molar-refractivity contribution in [2.75, 3.05) is 57.3 Å². The summed E-state index contributed by atoms with van der Waals surface area (Å²) in [4.78, 5) is 24.2. The number of hydrogen-bond donors (Lipinski definition) is 1. The first-order valence-electron chi connectivity index (χ1n) is 11.2. The Morgan fingerprint density at radius 2 is 1.93 bits per heavy atom. The van der Waals surface area contributed by atoms with Crippen LogP contribution in [0.4, 0.5) is 4.79 Å². The van der Waals surface area contributed by atoms with Crippen LogP contribution in [0.1, 0.15) is 46.5 Å². The third kappa shape index (κ3) is 4.79. The van der Waals surface area contributed by atoms with Gasteiger partial charge >= 0.3 is 6.09 Å². The minimum atomic E-state index is -0.449. The molecule has 3 fully saturated rings. The van der Waals surface area contributed by atoms with E-state index in [4.69, 9.17) is 9.73 Å². The van der Waals surface area contributed by atoms with E-state index >= 15 is 0 Å². The van der Waals surface area contributed by atoms with Crippen molar-refractivity contribution in [3.05, 3.63) is 0 Å². The molecule has 1 aliphatic carbocycles. The highest BCUT2D eigenvalue weighted by atomic mass is 32.2. The summed E-state index contributed by atoms with van der Waals surface area (Å²) in [6.07, 6.45) is 5.08. The number of nitrogens with one attached hydrogen (secondary N) is 1. The SMILES string of the molecule is CC(C)(C)OC(=O)N1CCN2C(NCC3(N4CCSCC4)CCCC3)=NCC2C1. The summed E-state index contributed by atoms with van der Waals surface area (Å²) in [6, 6.07) is 0.268. The molecule has 0 radical (unpaired) electrons. The number of guanidine groups is 1. The zero-order valence-corrected chi connectivity index (χ0v) is 19.1. The minimum Gasteiger partial charge on any atom is -0.444 e. The summed E-state index contributed by atoms with van der Waals surface area (Å²) >= 11 is 2.08. The van der Waals surface area contributed by atoms with Crippen molar-refractivity contribution >= 4 is 23.8 Å². The fourth-order valence-electron chi connectivity index (χ4n) is 5.14. The molecule has 2 saturated heterocycles. The van der Waals surface area contributed by atoms with E-state index in [9.17, 15) is 4.79 Å². The lowest BCUT2D eigenvalue weighted by atomic mass is 9.94. The van der Waals surface area contributed by atoms with Gasteiger partial charge in [0.1, 0.15) is 5.60 Å². The van der Waals surface area contributed by atoms with Crippen LogP contribution >= 0.6 is 11.8 Å². The van der Waals surface area contributed by atoms with Gasteiger partial charge in [-0.2, -0.15) is 11.8 Å². The highest BCUT2D eigenvalue weighted by molar-refractivity contribution is 7.99. The first kappa shape index (κ1) is 21.1. The van der Waals surface area contributed by atoms with Crippen molar-refractivity contribution in [1.82, 2.24) is 20.0 Å². The van der Waals surface area contributed by atoms with Gasteiger partial charge in [0.2, 0.25) is 0 Å². The lowest BCUT2D eigenvalue weighted by Crippen LogP contribution is -2.60. The van der Waals surface area contributed by atoms with Gasteiger partial charge in [0, 0.05) is 56.3 Å². The van der Waals surface area contributed by atoms with Crippen LogP contribution in [0.15, 0.2) is 4.99 Å². The Balaban J connectivity index is 1.32. The molecule has 7 nitrogen and oxygen atoms in total. The Morgan fingerprint density at radius 1 is 1.21 bits per heavy atom. The number of amides is 1. The molecule has 3 heterocycles. The first-order valence-corrected chi connectivity index (χ1v) is 12.4. The zero-order chi connectivity index (χ0) is 20.5. The van der Waals surface area contributed by atoms with E-state index in [1.54, 1.807) is 0 Å². The molecular weight excluding hydrogens is 386 g/mol. The number of carbonyl (C=O) groups is 1. The molecule has 4 rings (SSSR count). The van der Waals surface area contributed by atoms with E-state index in [1.807, 2.05) is 25.7 Å². The monoisotopic (exact) mass is 423 g/mol. The molecule has 3 aliphatic heterocycles. The molecule has 1 atom stereocenters. The second-order valence-electron chi connectivity index (χ2n) is 9.82. The summed E-state index contributed by atoms with van der Waals surface area (Å²) < 4.78 is 5.56. The fraction of sp³-hybridized carbons (Fsp3) is 0.905. The van der Waals surface area contributed by atoms with Crippen LogP contribution in [0.3, 0.4) is 0 Å². The van der Waals surface area contributed by atoms with Crippen LogP contribution in [-0.4, -0.2) is 101 Å². The molecule has 1 N–H and O–H groups in total. The van der Waals surface area contributed by atoms with E-state index in [1.165, 1.54) is 50.3 Å². The second-order valence-corrected chi connectivity index (χ2v) is 11.0. The van der Waals surface area contributed by atoms with Crippen molar-refractivity contribution < 1.29 is 9.53 Å². The average molecular weight is 424 g/mol. The van der Waals surface area contributed by atoms with Gasteiger partial charge in [-0.1, -0.05) is 12.8 Å². The third-order valence-corrected chi connectivity index (χ3v) is 7.59. The topological polar surface area (TPSA) is 60.4 Å². The smallest absolute Gasteiger partial charge is 0.410 e. The molecule has 8 heteroatoms. The Kier molecular flexibility index (Phi) is 6.21. The van der Waals surface area contributed by atoms with Crippen molar-refractivity contribution in [1.29, 1.82) is 0 Å². The summed E-state index contributed by atoms with van der Waals surface area (Å²) in [5, 5.41) is 3.74. The van der Waals surface area contributed by atoms with Crippen LogP contribution in [0.25, 0.3) is 0 Å². The average Bonchev–Trinajstić information content (AvgIpc) is 3.33. The van der Waals surface area contributed by atoms with Crippen molar-refractivity contribution in [2.45, 2.75) is 63.6 Å². The minimum absolute atomic E-state index is 0.202. The second kappa shape index (κ2) is 8.53. The molecule has 1 amide bonds. The van der Waals surface area contributed by atoms with Crippen molar-refractivity contribution in [3.8, 4) is 0 Å². The van der Waals surface area contributed by atoms with E-state index < -0.39 is 5.60 Å². The van der Waals surface area contributed by atoms with Crippen LogP contribution < -0.4 is 5.32 Å². The van der Waals surface area contributed by atoms with Crippen LogP contribution in [0.2, 0.25) is 0 Å². The molecule has 29 heavy (non-hydrogen) atoms. The van der Waals surface area contributed by atoms with Gasteiger partial charge in [0.25, 0.3) is 0 Å². The molecule has 0 spiro atoms. The molecule has 0 aromatic heterocycles. The summed E-state index contributed by atoms with van der Waals surface area (Å²) in [5.74, 6) is 3.56. The maximum Gasteiger partial charge on any atom is 0.410 e. The number of carbonyl (C=O) groups excluding carboxylic acids is 1. The van der Waals surface area contributed by atoms with Gasteiger partial charge in [-0.25, -0.2) is 4.79 Å². The number of aliphatic imine (C=N–C) groups is 1. The Hall–Kier alpha value is -1.15. The molecule has 1 unspecified atom stereocenters. The third-order valence-electron chi connectivity index (χ3n) is 6.65. The molecule has 0 aromatic rings. The van der Waals surface area contributed by atoms with E-state index in [0.29, 0.717) is 18.6 Å². The highest BCUT2D eigenvalue weighted by Crippen LogP contribution is 2.36. The standard InChI is InChI=1S/C21H37N5O2S/c1-20(2,3)28-19(27)24-8-9-26-17(15-24)14-22-18(26)23-16-21(6-4-5-7-21)25-10-12-29-13-11-25/h17H,4-16H2,1-3H3,(H,22,23). The van der Waals surface area contributed by atoms with Crippen LogP contribution in [-0.2, 0) is 4.74 Å². The summed E-state index contributed by atoms with van der Waals surface area (Å²) in [6.45, 7) is 12.2. The van der Waals surface area contributed by atoms with Gasteiger partial charge in [0.15, 0.2) is 5.96 Å². The van der Waals surface area contributed by atoms with Gasteiger partial charge in [-0.15, -0.1) is 0 Å². The predicted octanol–water partition coefficient (Wildman–Crippen LogP) is 2.23. The quantitative estimate of drug-likeness (QED) is 0.751. The maximum atomic E-state index is 12.4. The van der Waals surface area contributed by atoms with Gasteiger partial charge in [0.05, 0.1) is 12.6 Å². The number of nitrogens with zero attached hydrogens (tertiary/aromatic N) is 4. The summed E-state index contributed by atoms with van der Waals surface area (Å²) in [5.41, 5.74) is -0.143. The molecular formula is C21H37N5O2S. The number of hydrogen-bond acceptors (Lipinski definition) is 7. The van der Waals surface area contributed by atoms with E-state index in [0.717, 1.165) is 25.6 Å². The van der Waals surface area contributed by atoms with Gasteiger partial charge in [-0.3, -0.25) is 9.89 Å². The van der Waals surface area contributed by atoms with Gasteiger partial charge in [-0.05, 0) is 33.6 Å².